The second kappa shape index (κ2) is 18.1. The number of aromatic hydroxyl groups is 1. The zero-order chi connectivity index (χ0) is 33.6. The summed E-state index contributed by atoms with van der Waals surface area (Å²) >= 11 is 1.70. The van der Waals surface area contributed by atoms with Gasteiger partial charge in [0.05, 0.1) is 18.2 Å². The van der Waals surface area contributed by atoms with Crippen LogP contribution in [0, 0.1) is 13.8 Å². The van der Waals surface area contributed by atoms with E-state index < -0.39 is 30.1 Å². The third kappa shape index (κ3) is 12.1. The summed E-state index contributed by atoms with van der Waals surface area (Å²) in [5, 5.41) is 19.1. The van der Waals surface area contributed by atoms with Crippen molar-refractivity contribution in [2.75, 3.05) is 12.9 Å². The van der Waals surface area contributed by atoms with E-state index in [1.807, 2.05) is 19.9 Å². The van der Waals surface area contributed by atoms with Crippen molar-refractivity contribution in [1.29, 1.82) is 0 Å². The first-order chi connectivity index (χ1) is 21.3. The van der Waals surface area contributed by atoms with Crippen molar-refractivity contribution >= 4 is 29.7 Å². The molecule has 3 rings (SSSR count). The van der Waals surface area contributed by atoms with Crippen LogP contribution in [0.5, 0.6) is 11.5 Å². The number of aryl methyl sites for hydroxylation is 2. The van der Waals surface area contributed by atoms with Crippen molar-refractivity contribution in [3.63, 3.8) is 0 Å². The van der Waals surface area contributed by atoms with E-state index in [2.05, 4.69) is 13.8 Å². The number of thioether (sulfide) groups is 1. The minimum Gasteiger partial charge on any atom is -0.504 e. The van der Waals surface area contributed by atoms with Gasteiger partial charge in [-0.25, -0.2) is 14.4 Å². The van der Waals surface area contributed by atoms with Crippen LogP contribution in [-0.2, 0) is 14.3 Å². The van der Waals surface area contributed by atoms with E-state index in [0.29, 0.717) is 5.75 Å². The number of carbonyl (C=O) groups excluding carboxylic acids is 2. The molecule has 3 aromatic rings. The molecule has 0 fully saturated rings. The molecule has 3 aromatic carbocycles. The zero-order valence-corrected chi connectivity index (χ0v) is 27.7. The molecule has 0 aromatic heterocycles. The van der Waals surface area contributed by atoms with E-state index in [1.165, 1.54) is 19.8 Å². The second-order valence-electron chi connectivity index (χ2n) is 10.9. The number of benzene rings is 3. The predicted octanol–water partition coefficient (Wildman–Crippen LogP) is 6.95. The number of hydrogen-bond donors (Lipinski definition) is 3. The van der Waals surface area contributed by atoms with Gasteiger partial charge in [-0.05, 0) is 76.1 Å². The number of nitrogens with two attached hydrogens (primary N) is 1. The number of carboxylic acid groups (broad SMARTS) is 1. The molecule has 10 heteroatoms. The SMILES string of the molecule is CCCC[C@](N)(CC)CSc1ccc(OC)c(O)c1.Cc1ccc(C(=O)O[C@@H](C)[C@@H](OC(=O)c2ccc(C)cc2)C(=O)O)cc1. The van der Waals surface area contributed by atoms with E-state index >= 15 is 0 Å². The largest absolute Gasteiger partial charge is 0.504 e. The first kappa shape index (κ1) is 37.2. The van der Waals surface area contributed by atoms with Crippen molar-refractivity contribution in [3.05, 3.63) is 89.0 Å². The number of methoxy groups -OCH3 is 1. The zero-order valence-electron chi connectivity index (χ0n) is 26.9. The molecule has 0 aliphatic carbocycles. The summed E-state index contributed by atoms with van der Waals surface area (Å²) in [5.41, 5.74) is 8.74. The first-order valence-electron chi connectivity index (χ1n) is 14.9. The highest BCUT2D eigenvalue weighted by atomic mass is 32.2. The fraction of sp³-hybridized carbons (Fsp3) is 0.400. The topological polar surface area (TPSA) is 145 Å². The second-order valence-corrected chi connectivity index (χ2v) is 12.0. The lowest BCUT2D eigenvalue weighted by atomic mass is 9.93. The number of phenolic OH excluding ortho intramolecular Hbond substituents is 1. The van der Waals surface area contributed by atoms with Gasteiger partial charge >= 0.3 is 17.9 Å². The van der Waals surface area contributed by atoms with E-state index in [9.17, 15) is 24.6 Å². The lowest BCUT2D eigenvalue weighted by Crippen LogP contribution is -2.41. The average molecular weight is 640 g/mol. The van der Waals surface area contributed by atoms with Crippen molar-refractivity contribution in [2.45, 2.75) is 82.9 Å². The molecule has 0 aliphatic heterocycles. The van der Waals surface area contributed by atoms with Crippen LogP contribution in [-0.4, -0.2) is 58.7 Å². The summed E-state index contributed by atoms with van der Waals surface area (Å²) in [6.07, 6.45) is 1.59. The molecule has 9 nitrogen and oxygen atoms in total. The molecule has 0 aliphatic rings. The van der Waals surface area contributed by atoms with Crippen molar-refractivity contribution < 1.29 is 38.8 Å². The van der Waals surface area contributed by atoms with Gasteiger partial charge in [-0.2, -0.15) is 0 Å². The third-order valence-electron chi connectivity index (χ3n) is 7.18. The Hall–Kier alpha value is -4.02. The number of hydrogen-bond acceptors (Lipinski definition) is 9. The van der Waals surface area contributed by atoms with E-state index in [-0.39, 0.29) is 22.4 Å². The Labute approximate surface area is 270 Å². The minimum absolute atomic E-state index is 0.115. The van der Waals surface area contributed by atoms with Crippen LogP contribution in [0.25, 0.3) is 0 Å². The number of ether oxygens (including phenoxy) is 3. The summed E-state index contributed by atoms with van der Waals surface area (Å²) in [7, 11) is 1.55. The van der Waals surface area contributed by atoms with Crippen LogP contribution < -0.4 is 10.5 Å². The summed E-state index contributed by atoms with van der Waals surface area (Å²) in [5.74, 6) is -1.32. The predicted molar refractivity (Wildman–Crippen MR) is 176 cm³/mol. The number of aliphatic carboxylic acids is 1. The van der Waals surface area contributed by atoms with Gasteiger partial charge in [-0.15, -0.1) is 11.8 Å². The maximum atomic E-state index is 12.1. The molecule has 0 spiro atoms. The normalized spacial score (nSPS) is 13.3. The molecule has 4 N–H and O–H groups in total. The Morgan fingerprint density at radius 3 is 1.87 bits per heavy atom. The number of carboxylic acids is 1. The minimum atomic E-state index is -1.61. The van der Waals surface area contributed by atoms with Gasteiger partial charge in [0, 0.05) is 16.2 Å². The molecule has 0 bridgehead atoms. The van der Waals surface area contributed by atoms with Gasteiger partial charge in [0.2, 0.25) is 6.10 Å². The maximum absolute atomic E-state index is 12.1. The molecule has 0 heterocycles. The summed E-state index contributed by atoms with van der Waals surface area (Å²) in [6, 6.07) is 18.6. The Kier molecular flexibility index (Phi) is 14.9. The van der Waals surface area contributed by atoms with Gasteiger partial charge in [0.15, 0.2) is 11.5 Å². The van der Waals surface area contributed by atoms with Gasteiger partial charge in [-0.1, -0.05) is 62.1 Å². The van der Waals surface area contributed by atoms with Crippen LogP contribution >= 0.6 is 11.8 Å². The third-order valence-corrected chi connectivity index (χ3v) is 8.49. The molecule has 0 saturated carbocycles. The summed E-state index contributed by atoms with van der Waals surface area (Å²) < 4.78 is 15.2. The van der Waals surface area contributed by atoms with Gasteiger partial charge in [-0.3, -0.25) is 0 Å². The molecule has 244 valence electrons. The number of unbranched alkanes of at least 4 members (excludes halogenated alkanes) is 1. The standard InChI is InChI=1S/C20H20O6.C15H25NO2S/c1-12-4-8-15(9-5-12)19(23)25-14(3)17(18(21)22)26-20(24)16-10-6-13(2)7-11-16;1-4-6-9-15(16,5-2)11-19-12-7-8-14(18-3)13(17)10-12/h4-11,14,17H,1-3H3,(H,21,22);7-8,10,17H,4-6,9,11,16H2,1-3H3/t14-,17+;15-/m01/s1. The lowest BCUT2D eigenvalue weighted by Gasteiger charge is -2.27. The Bertz CT molecular complexity index is 1390. The summed E-state index contributed by atoms with van der Waals surface area (Å²) in [4.78, 5) is 36.8. The first-order valence-corrected chi connectivity index (χ1v) is 15.9. The number of carbonyl (C=O) groups is 3. The Morgan fingerprint density at radius 2 is 1.42 bits per heavy atom. The van der Waals surface area contributed by atoms with E-state index in [4.69, 9.17) is 19.9 Å². The lowest BCUT2D eigenvalue weighted by molar-refractivity contribution is -0.153. The Balaban J connectivity index is 0.000000330. The van der Waals surface area contributed by atoms with Crippen molar-refractivity contribution in [1.82, 2.24) is 0 Å². The number of esters is 2. The molecule has 0 saturated heterocycles. The van der Waals surface area contributed by atoms with Crippen LogP contribution in [0.15, 0.2) is 71.6 Å². The molecule has 0 radical (unpaired) electrons. The van der Waals surface area contributed by atoms with E-state index in [1.54, 1.807) is 79.5 Å². The average Bonchev–Trinajstić information content (AvgIpc) is 3.02. The molecule has 0 amide bonds. The van der Waals surface area contributed by atoms with E-state index in [0.717, 1.165) is 34.6 Å². The van der Waals surface area contributed by atoms with Gasteiger partial charge < -0.3 is 30.2 Å². The highest BCUT2D eigenvalue weighted by Gasteiger charge is 2.32. The molecule has 0 unspecified atom stereocenters. The fourth-order valence-electron chi connectivity index (χ4n) is 4.07. The van der Waals surface area contributed by atoms with Crippen LogP contribution in [0.4, 0.5) is 0 Å². The fourth-order valence-corrected chi connectivity index (χ4v) is 5.24. The Morgan fingerprint density at radius 1 is 0.889 bits per heavy atom. The van der Waals surface area contributed by atoms with Crippen molar-refractivity contribution in [3.8, 4) is 11.5 Å². The van der Waals surface area contributed by atoms with Crippen LogP contribution in [0.1, 0.15) is 78.3 Å². The number of phenols is 1. The summed E-state index contributed by atoms with van der Waals surface area (Å²) in [6.45, 7) is 9.43. The van der Waals surface area contributed by atoms with Gasteiger partial charge in [0.25, 0.3) is 0 Å². The van der Waals surface area contributed by atoms with Gasteiger partial charge in [0.1, 0.15) is 6.10 Å². The van der Waals surface area contributed by atoms with Crippen LogP contribution in [0.3, 0.4) is 0 Å². The molecular formula is C35H45NO8S. The molecule has 3 atom stereocenters. The smallest absolute Gasteiger partial charge is 0.348 e. The number of rotatable bonds is 14. The highest BCUT2D eigenvalue weighted by molar-refractivity contribution is 7.99. The molecular weight excluding hydrogens is 594 g/mol. The quantitative estimate of drug-likeness (QED) is 0.125. The highest BCUT2D eigenvalue weighted by Crippen LogP contribution is 2.33. The monoisotopic (exact) mass is 639 g/mol. The maximum Gasteiger partial charge on any atom is 0.348 e. The van der Waals surface area contributed by atoms with Crippen molar-refractivity contribution in [2.24, 2.45) is 5.73 Å². The molecule has 45 heavy (non-hydrogen) atoms. The van der Waals surface area contributed by atoms with Crippen LogP contribution in [0.2, 0.25) is 0 Å².